The van der Waals surface area contributed by atoms with Gasteiger partial charge in [-0.05, 0) is 43.0 Å². The number of Topliss-reactive ketones (excluding diaryl/α,β-unsaturated/α-hetero) is 1. The first-order valence-electron chi connectivity index (χ1n) is 7.12. The highest BCUT2D eigenvalue weighted by Crippen LogP contribution is 2.38. The van der Waals surface area contributed by atoms with Crippen molar-refractivity contribution in [3.8, 4) is 0 Å². The maximum atomic E-state index is 12.1. The summed E-state index contributed by atoms with van der Waals surface area (Å²) in [5.41, 5.74) is 2.02. The number of carbonyl (C=O) groups is 3. The van der Waals surface area contributed by atoms with Crippen LogP contribution in [0.5, 0.6) is 0 Å². The fourth-order valence-electron chi connectivity index (χ4n) is 2.57. The maximum absolute atomic E-state index is 12.1. The number of fused-ring (bicyclic) bond motifs is 1. The predicted octanol–water partition coefficient (Wildman–Crippen LogP) is 2.12. The Morgan fingerprint density at radius 1 is 1.33 bits per heavy atom. The molecule has 0 bridgehead atoms. The summed E-state index contributed by atoms with van der Waals surface area (Å²) >= 11 is 0. The van der Waals surface area contributed by atoms with Gasteiger partial charge in [0, 0.05) is 11.3 Å². The molecule has 5 nitrogen and oxygen atoms in total. The summed E-state index contributed by atoms with van der Waals surface area (Å²) in [7, 11) is 0. The third-order valence-electron chi connectivity index (χ3n) is 4.25. The normalized spacial score (nSPS) is 26.0. The zero-order valence-corrected chi connectivity index (χ0v) is 12.0. The number of ether oxygens (including phenoxy) is 1. The molecule has 0 saturated heterocycles. The second-order valence-electron chi connectivity index (χ2n) is 5.86. The predicted molar refractivity (Wildman–Crippen MR) is 76.0 cm³/mol. The molecule has 1 saturated carbocycles. The molecule has 0 spiro atoms. The van der Waals surface area contributed by atoms with E-state index >= 15 is 0 Å². The molecule has 1 aliphatic carbocycles. The van der Waals surface area contributed by atoms with Crippen LogP contribution in [0.3, 0.4) is 0 Å². The first-order chi connectivity index (χ1) is 9.97. The minimum absolute atomic E-state index is 0.0420. The topological polar surface area (TPSA) is 72.5 Å². The van der Waals surface area contributed by atoms with Crippen LogP contribution in [0.25, 0.3) is 0 Å². The van der Waals surface area contributed by atoms with Gasteiger partial charge in [-0.25, -0.2) is 0 Å². The molecule has 0 radical (unpaired) electrons. The van der Waals surface area contributed by atoms with E-state index in [-0.39, 0.29) is 36.1 Å². The lowest BCUT2D eigenvalue weighted by molar-refractivity contribution is -0.144. The van der Waals surface area contributed by atoms with Gasteiger partial charge in [-0.1, -0.05) is 6.92 Å². The van der Waals surface area contributed by atoms with Crippen LogP contribution in [-0.2, 0) is 14.3 Å². The molecule has 1 amide bonds. The molecule has 21 heavy (non-hydrogen) atoms. The Morgan fingerprint density at radius 2 is 2.05 bits per heavy atom. The fourth-order valence-corrected chi connectivity index (χ4v) is 2.57. The molecule has 5 heteroatoms. The summed E-state index contributed by atoms with van der Waals surface area (Å²) in [5.74, 6) is -0.537. The van der Waals surface area contributed by atoms with Crippen LogP contribution in [0, 0.1) is 11.8 Å². The van der Waals surface area contributed by atoms with Crippen LogP contribution < -0.4 is 5.32 Å². The minimum atomic E-state index is -0.290. The number of amides is 1. The summed E-state index contributed by atoms with van der Waals surface area (Å²) in [6, 6.07) is 5.07. The second-order valence-corrected chi connectivity index (χ2v) is 5.86. The van der Waals surface area contributed by atoms with Crippen molar-refractivity contribution < 1.29 is 19.1 Å². The smallest absolute Gasteiger partial charge is 0.309 e. The average Bonchev–Trinajstić information content (AvgIpc) is 3.13. The van der Waals surface area contributed by atoms with Crippen LogP contribution in [-0.4, -0.2) is 24.3 Å². The van der Waals surface area contributed by atoms with E-state index in [4.69, 9.17) is 4.74 Å². The van der Waals surface area contributed by atoms with Crippen LogP contribution in [0.15, 0.2) is 18.2 Å². The van der Waals surface area contributed by atoms with Crippen molar-refractivity contribution >= 4 is 23.3 Å². The monoisotopic (exact) mass is 287 g/mol. The molecule has 3 atom stereocenters. The van der Waals surface area contributed by atoms with Crippen LogP contribution in [0.1, 0.15) is 42.1 Å². The summed E-state index contributed by atoms with van der Waals surface area (Å²) in [6.07, 6.45) is 0.844. The maximum Gasteiger partial charge on any atom is 0.309 e. The first kappa shape index (κ1) is 13.8. The largest absolute Gasteiger partial charge is 0.457 e. The minimum Gasteiger partial charge on any atom is -0.457 e. The Balaban J connectivity index is 1.66. The van der Waals surface area contributed by atoms with Crippen molar-refractivity contribution in [2.75, 3.05) is 11.9 Å². The van der Waals surface area contributed by atoms with E-state index < -0.39 is 0 Å². The van der Waals surface area contributed by atoms with Crippen molar-refractivity contribution in [2.24, 2.45) is 11.8 Å². The lowest BCUT2D eigenvalue weighted by Crippen LogP contribution is -2.16. The second kappa shape index (κ2) is 4.98. The molecule has 1 heterocycles. The van der Waals surface area contributed by atoms with E-state index in [9.17, 15) is 14.4 Å². The number of ketones is 1. The summed E-state index contributed by atoms with van der Waals surface area (Å²) < 4.78 is 5.05. The molecule has 1 N–H and O–H groups in total. The zero-order valence-electron chi connectivity index (χ0n) is 12.0. The van der Waals surface area contributed by atoms with Crippen LogP contribution in [0.2, 0.25) is 0 Å². The number of hydrogen-bond acceptors (Lipinski definition) is 4. The molecule has 1 fully saturated rings. The van der Waals surface area contributed by atoms with Gasteiger partial charge in [-0.15, -0.1) is 0 Å². The molecule has 2 aliphatic rings. The highest BCUT2D eigenvalue weighted by molar-refractivity contribution is 6.05. The van der Waals surface area contributed by atoms with E-state index in [1.54, 1.807) is 25.1 Å². The highest BCUT2D eigenvalue weighted by atomic mass is 16.5. The van der Waals surface area contributed by atoms with Gasteiger partial charge >= 0.3 is 5.97 Å². The van der Waals surface area contributed by atoms with E-state index in [0.29, 0.717) is 11.5 Å². The highest BCUT2D eigenvalue weighted by Gasteiger charge is 2.40. The summed E-state index contributed by atoms with van der Waals surface area (Å²) in [4.78, 5) is 35.3. The Hall–Kier alpha value is -2.17. The van der Waals surface area contributed by atoms with E-state index in [0.717, 1.165) is 17.7 Å². The number of rotatable bonds is 4. The molecule has 110 valence electrons. The molecule has 0 aromatic heterocycles. The molecular weight excluding hydrogens is 270 g/mol. The molecule has 1 aromatic rings. The van der Waals surface area contributed by atoms with Gasteiger partial charge in [0.2, 0.25) is 5.91 Å². The number of nitrogens with one attached hydrogen (secondary N) is 1. The van der Waals surface area contributed by atoms with Gasteiger partial charge in [0.1, 0.15) is 0 Å². The summed E-state index contributed by atoms with van der Waals surface area (Å²) in [5, 5.41) is 2.76. The third kappa shape index (κ3) is 2.55. The zero-order chi connectivity index (χ0) is 15.1. The number of anilines is 1. The Bertz CT molecular complexity index is 637. The average molecular weight is 287 g/mol. The lowest BCUT2D eigenvalue weighted by Gasteiger charge is -2.06. The molecule has 1 aromatic carbocycles. The standard InChI is InChI=1S/C16H17NO4/c1-8-5-11(8)16(20)21-7-14(18)10-3-4-13-12(6-10)9(2)15(19)17-13/h3-4,6,8-9,11H,5,7H2,1-2H3,(H,17,19)/t8-,9-,11+/m0/s1. The summed E-state index contributed by atoms with van der Waals surface area (Å²) in [6.45, 7) is 3.54. The quantitative estimate of drug-likeness (QED) is 0.680. The van der Waals surface area contributed by atoms with Gasteiger partial charge in [0.15, 0.2) is 12.4 Å². The molecule has 1 aliphatic heterocycles. The Labute approximate surface area is 122 Å². The Kier molecular flexibility index (Phi) is 3.27. The molecular formula is C16H17NO4. The van der Waals surface area contributed by atoms with Gasteiger partial charge < -0.3 is 10.1 Å². The van der Waals surface area contributed by atoms with Crippen LogP contribution >= 0.6 is 0 Å². The van der Waals surface area contributed by atoms with E-state index in [2.05, 4.69) is 5.32 Å². The van der Waals surface area contributed by atoms with Crippen molar-refractivity contribution in [1.82, 2.24) is 0 Å². The van der Waals surface area contributed by atoms with Gasteiger partial charge in [0.25, 0.3) is 0 Å². The number of esters is 1. The number of carbonyl (C=O) groups excluding carboxylic acids is 3. The van der Waals surface area contributed by atoms with Crippen molar-refractivity contribution in [2.45, 2.75) is 26.2 Å². The van der Waals surface area contributed by atoms with E-state index in [1.165, 1.54) is 0 Å². The SMILES string of the molecule is C[C@@H]1C(=O)Nc2ccc(C(=O)COC(=O)[C@@H]3C[C@@H]3C)cc21. The van der Waals surface area contributed by atoms with Gasteiger partial charge in [-0.3, -0.25) is 14.4 Å². The van der Waals surface area contributed by atoms with E-state index in [1.807, 2.05) is 6.92 Å². The van der Waals surface area contributed by atoms with Gasteiger partial charge in [0.05, 0.1) is 11.8 Å². The first-order valence-corrected chi connectivity index (χ1v) is 7.12. The third-order valence-corrected chi connectivity index (χ3v) is 4.25. The number of benzene rings is 1. The molecule has 3 rings (SSSR count). The van der Waals surface area contributed by atoms with Crippen molar-refractivity contribution in [3.63, 3.8) is 0 Å². The Morgan fingerprint density at radius 3 is 2.71 bits per heavy atom. The molecule has 0 unspecified atom stereocenters. The fraction of sp³-hybridized carbons (Fsp3) is 0.438. The van der Waals surface area contributed by atoms with Crippen molar-refractivity contribution in [1.29, 1.82) is 0 Å². The lowest BCUT2D eigenvalue weighted by atomic mass is 9.99. The number of hydrogen-bond donors (Lipinski definition) is 1. The van der Waals surface area contributed by atoms with Crippen LogP contribution in [0.4, 0.5) is 5.69 Å². The van der Waals surface area contributed by atoms with Crippen molar-refractivity contribution in [3.05, 3.63) is 29.3 Å². The van der Waals surface area contributed by atoms with Gasteiger partial charge in [-0.2, -0.15) is 0 Å².